The maximum atomic E-state index is 9.45. The first-order valence-electron chi connectivity index (χ1n) is 6.09. The standard InChI is InChI=1S/C14H18N2O/c1-12-5-2-3-6-13(12)16-14(11-15)7-4-9-17-10-8-14/h2-3,5-6,16H,4,7-10H2,1H3. The Morgan fingerprint density at radius 1 is 1.29 bits per heavy atom. The molecule has 1 heterocycles. The van der Waals surface area contributed by atoms with Crippen LogP contribution >= 0.6 is 0 Å². The van der Waals surface area contributed by atoms with Crippen molar-refractivity contribution < 1.29 is 4.74 Å². The van der Waals surface area contributed by atoms with Gasteiger partial charge >= 0.3 is 0 Å². The smallest absolute Gasteiger partial charge is 0.127 e. The van der Waals surface area contributed by atoms with Crippen molar-refractivity contribution in [3.8, 4) is 6.07 Å². The number of benzene rings is 1. The SMILES string of the molecule is Cc1ccccc1NC1(C#N)CCCOCC1. The van der Waals surface area contributed by atoms with Gasteiger partial charge < -0.3 is 10.1 Å². The van der Waals surface area contributed by atoms with E-state index in [0.29, 0.717) is 6.61 Å². The second-order valence-electron chi connectivity index (χ2n) is 4.60. The second-order valence-corrected chi connectivity index (χ2v) is 4.60. The van der Waals surface area contributed by atoms with Crippen molar-refractivity contribution in [2.45, 2.75) is 31.7 Å². The molecule has 0 amide bonds. The van der Waals surface area contributed by atoms with E-state index in [1.807, 2.05) is 18.2 Å². The number of rotatable bonds is 2. The zero-order valence-corrected chi connectivity index (χ0v) is 10.2. The highest BCUT2D eigenvalue weighted by molar-refractivity contribution is 5.53. The number of nitrogens with zero attached hydrogens (tertiary/aromatic N) is 1. The molecule has 17 heavy (non-hydrogen) atoms. The number of nitrogens with one attached hydrogen (secondary N) is 1. The fraction of sp³-hybridized carbons (Fsp3) is 0.500. The highest BCUT2D eigenvalue weighted by Gasteiger charge is 2.31. The summed E-state index contributed by atoms with van der Waals surface area (Å²) >= 11 is 0. The predicted molar refractivity (Wildman–Crippen MR) is 67.8 cm³/mol. The first-order chi connectivity index (χ1) is 8.26. The molecule has 1 aliphatic rings. The van der Waals surface area contributed by atoms with Gasteiger partial charge in [0.15, 0.2) is 0 Å². The summed E-state index contributed by atoms with van der Waals surface area (Å²) in [6.45, 7) is 3.48. The van der Waals surface area contributed by atoms with E-state index in [2.05, 4.69) is 24.4 Å². The van der Waals surface area contributed by atoms with Crippen LogP contribution in [-0.2, 0) is 4.74 Å². The van der Waals surface area contributed by atoms with E-state index in [0.717, 1.165) is 31.6 Å². The summed E-state index contributed by atoms with van der Waals surface area (Å²) in [7, 11) is 0. The summed E-state index contributed by atoms with van der Waals surface area (Å²) < 4.78 is 5.43. The third-order valence-corrected chi connectivity index (χ3v) is 3.30. The molecule has 90 valence electrons. The number of anilines is 1. The fourth-order valence-corrected chi connectivity index (χ4v) is 2.19. The van der Waals surface area contributed by atoms with Gasteiger partial charge in [-0.15, -0.1) is 0 Å². The van der Waals surface area contributed by atoms with Crippen LogP contribution in [-0.4, -0.2) is 18.8 Å². The number of hydrogen-bond donors (Lipinski definition) is 1. The Morgan fingerprint density at radius 2 is 2.12 bits per heavy atom. The summed E-state index contributed by atoms with van der Waals surface area (Å²) in [6, 6.07) is 10.5. The highest BCUT2D eigenvalue weighted by atomic mass is 16.5. The fourth-order valence-electron chi connectivity index (χ4n) is 2.19. The molecule has 3 nitrogen and oxygen atoms in total. The van der Waals surface area contributed by atoms with E-state index in [1.54, 1.807) is 0 Å². The Morgan fingerprint density at radius 3 is 2.88 bits per heavy atom. The van der Waals surface area contributed by atoms with Crippen LogP contribution in [0, 0.1) is 18.3 Å². The zero-order valence-electron chi connectivity index (χ0n) is 10.2. The van der Waals surface area contributed by atoms with Gasteiger partial charge in [0, 0.05) is 25.3 Å². The highest BCUT2D eigenvalue weighted by Crippen LogP contribution is 2.27. The van der Waals surface area contributed by atoms with E-state index >= 15 is 0 Å². The van der Waals surface area contributed by atoms with Crippen molar-refractivity contribution in [2.75, 3.05) is 18.5 Å². The van der Waals surface area contributed by atoms with Crippen LogP contribution in [0.15, 0.2) is 24.3 Å². The van der Waals surface area contributed by atoms with Crippen LogP contribution < -0.4 is 5.32 Å². The number of ether oxygens (including phenoxy) is 1. The van der Waals surface area contributed by atoms with Crippen LogP contribution in [0.2, 0.25) is 0 Å². The lowest BCUT2D eigenvalue weighted by Crippen LogP contribution is -2.37. The molecule has 1 saturated heterocycles. The van der Waals surface area contributed by atoms with Crippen molar-refractivity contribution >= 4 is 5.69 Å². The Kier molecular flexibility index (Phi) is 3.65. The molecule has 0 spiro atoms. The Balaban J connectivity index is 2.19. The van der Waals surface area contributed by atoms with Crippen LogP contribution in [0.4, 0.5) is 5.69 Å². The molecule has 1 aromatic carbocycles. The minimum absolute atomic E-state index is 0.470. The molecular weight excluding hydrogens is 212 g/mol. The minimum Gasteiger partial charge on any atom is -0.381 e. The van der Waals surface area contributed by atoms with E-state index in [4.69, 9.17) is 4.74 Å². The lowest BCUT2D eigenvalue weighted by atomic mass is 9.91. The summed E-state index contributed by atoms with van der Waals surface area (Å²) in [6.07, 6.45) is 2.53. The van der Waals surface area contributed by atoms with E-state index in [1.165, 1.54) is 5.56 Å². The molecule has 0 radical (unpaired) electrons. The molecule has 1 N–H and O–H groups in total. The van der Waals surface area contributed by atoms with Gasteiger partial charge in [-0.2, -0.15) is 5.26 Å². The normalized spacial score (nSPS) is 24.7. The van der Waals surface area contributed by atoms with Crippen molar-refractivity contribution in [2.24, 2.45) is 0 Å². The van der Waals surface area contributed by atoms with E-state index < -0.39 is 5.54 Å². The minimum atomic E-state index is -0.470. The Hall–Kier alpha value is -1.53. The molecule has 2 rings (SSSR count). The van der Waals surface area contributed by atoms with E-state index in [-0.39, 0.29) is 0 Å². The molecular formula is C14H18N2O. The van der Waals surface area contributed by atoms with Gasteiger partial charge in [-0.25, -0.2) is 0 Å². The summed E-state index contributed by atoms with van der Waals surface area (Å²) in [5.41, 5.74) is 1.76. The molecule has 1 aromatic rings. The number of para-hydroxylation sites is 1. The summed E-state index contributed by atoms with van der Waals surface area (Å²) in [5.74, 6) is 0. The topological polar surface area (TPSA) is 45.0 Å². The van der Waals surface area contributed by atoms with Crippen molar-refractivity contribution in [3.63, 3.8) is 0 Å². The molecule has 0 aromatic heterocycles. The number of aryl methyl sites for hydroxylation is 1. The zero-order chi connectivity index (χ0) is 12.1. The molecule has 1 fully saturated rings. The van der Waals surface area contributed by atoms with Gasteiger partial charge in [0.1, 0.15) is 5.54 Å². The molecule has 0 bridgehead atoms. The van der Waals surface area contributed by atoms with Gasteiger partial charge in [0.25, 0.3) is 0 Å². The monoisotopic (exact) mass is 230 g/mol. The quantitative estimate of drug-likeness (QED) is 0.849. The Bertz CT molecular complexity index is 414. The van der Waals surface area contributed by atoms with E-state index in [9.17, 15) is 5.26 Å². The van der Waals surface area contributed by atoms with Crippen LogP contribution in [0.25, 0.3) is 0 Å². The maximum Gasteiger partial charge on any atom is 0.127 e. The van der Waals surface area contributed by atoms with Gasteiger partial charge in [0.2, 0.25) is 0 Å². The van der Waals surface area contributed by atoms with Gasteiger partial charge in [-0.05, 0) is 31.4 Å². The largest absolute Gasteiger partial charge is 0.381 e. The van der Waals surface area contributed by atoms with Gasteiger partial charge in [-0.3, -0.25) is 0 Å². The molecule has 1 unspecified atom stereocenters. The van der Waals surface area contributed by atoms with Crippen molar-refractivity contribution in [1.29, 1.82) is 5.26 Å². The Labute approximate surface area is 102 Å². The van der Waals surface area contributed by atoms with Crippen LogP contribution in [0.1, 0.15) is 24.8 Å². The van der Waals surface area contributed by atoms with Gasteiger partial charge in [0.05, 0.1) is 6.07 Å². The predicted octanol–water partition coefficient (Wildman–Crippen LogP) is 2.87. The average Bonchev–Trinajstić information content (AvgIpc) is 2.58. The lowest BCUT2D eigenvalue weighted by molar-refractivity contribution is 0.142. The first-order valence-corrected chi connectivity index (χ1v) is 6.09. The third-order valence-electron chi connectivity index (χ3n) is 3.30. The maximum absolute atomic E-state index is 9.45. The second kappa shape index (κ2) is 5.20. The van der Waals surface area contributed by atoms with Crippen LogP contribution in [0.3, 0.4) is 0 Å². The van der Waals surface area contributed by atoms with Crippen molar-refractivity contribution in [3.05, 3.63) is 29.8 Å². The molecule has 1 aliphatic heterocycles. The average molecular weight is 230 g/mol. The molecule has 0 aliphatic carbocycles. The number of hydrogen-bond acceptors (Lipinski definition) is 3. The molecule has 1 atom stereocenters. The summed E-state index contributed by atoms with van der Waals surface area (Å²) in [4.78, 5) is 0. The van der Waals surface area contributed by atoms with Crippen LogP contribution in [0.5, 0.6) is 0 Å². The molecule has 3 heteroatoms. The summed E-state index contributed by atoms with van der Waals surface area (Å²) in [5, 5.41) is 12.9. The first kappa shape index (κ1) is 11.9. The van der Waals surface area contributed by atoms with Crippen molar-refractivity contribution in [1.82, 2.24) is 0 Å². The molecule has 0 saturated carbocycles. The van der Waals surface area contributed by atoms with Gasteiger partial charge in [-0.1, -0.05) is 18.2 Å². The third kappa shape index (κ3) is 2.78. The number of nitriles is 1. The lowest BCUT2D eigenvalue weighted by Gasteiger charge is -2.27.